The van der Waals surface area contributed by atoms with Crippen LogP contribution in [0, 0.1) is 18.8 Å². The lowest BCUT2D eigenvalue weighted by Gasteiger charge is -2.15. The fraction of sp³-hybridized carbons (Fsp3) is 0.250. The monoisotopic (exact) mass is 284 g/mol. The fourth-order valence-corrected chi connectivity index (χ4v) is 1.87. The summed E-state index contributed by atoms with van der Waals surface area (Å²) in [5.74, 6) is 6.53. The molecule has 0 radical (unpaired) electrons. The smallest absolute Gasteiger partial charge is 0.273 e. The average Bonchev–Trinajstić information content (AvgIpc) is 2.89. The number of aryl methyl sites for hydroxylation is 1. The van der Waals surface area contributed by atoms with Gasteiger partial charge in [-0.25, -0.2) is 4.98 Å². The highest BCUT2D eigenvalue weighted by molar-refractivity contribution is 5.94. The molecule has 0 saturated heterocycles. The molecule has 0 unspecified atom stereocenters. The van der Waals surface area contributed by atoms with Crippen LogP contribution in [0.3, 0.4) is 0 Å². The second-order valence-corrected chi connectivity index (χ2v) is 4.53. The maximum Gasteiger partial charge on any atom is 0.273 e. The van der Waals surface area contributed by atoms with E-state index in [1.165, 1.54) is 4.90 Å². The number of carbonyl (C=O) groups excluding carboxylic acids is 1. The highest BCUT2D eigenvalue weighted by Crippen LogP contribution is 2.12. The summed E-state index contributed by atoms with van der Waals surface area (Å²) in [7, 11) is 1.68. The van der Waals surface area contributed by atoms with E-state index in [1.54, 1.807) is 25.4 Å². The molecule has 0 aliphatic rings. The highest BCUT2D eigenvalue weighted by Gasteiger charge is 2.17. The predicted molar refractivity (Wildman–Crippen MR) is 77.4 cm³/mol. The Balaban J connectivity index is 2.19. The minimum atomic E-state index is -0.260. The minimum absolute atomic E-state index is 0.244. The molecule has 0 saturated carbocycles. The molecule has 0 spiro atoms. The largest absolute Gasteiger partial charge is 0.464 e. The lowest BCUT2D eigenvalue weighted by atomic mass is 10.1. The maximum absolute atomic E-state index is 12.4. The molecule has 2 rings (SSSR count). The van der Waals surface area contributed by atoms with Gasteiger partial charge in [0.25, 0.3) is 5.91 Å². The van der Waals surface area contributed by atoms with E-state index in [4.69, 9.17) is 9.52 Å². The van der Waals surface area contributed by atoms with Crippen LogP contribution in [-0.2, 0) is 6.54 Å². The Morgan fingerprint density at radius 1 is 1.43 bits per heavy atom. The molecule has 1 N–H and O–H groups in total. The van der Waals surface area contributed by atoms with Crippen molar-refractivity contribution in [3.8, 4) is 11.8 Å². The van der Waals surface area contributed by atoms with Crippen molar-refractivity contribution < 1.29 is 14.3 Å². The first-order valence-electron chi connectivity index (χ1n) is 6.47. The molecule has 0 bridgehead atoms. The zero-order valence-corrected chi connectivity index (χ0v) is 12.0. The summed E-state index contributed by atoms with van der Waals surface area (Å²) < 4.78 is 5.46. The van der Waals surface area contributed by atoms with Gasteiger partial charge in [-0.1, -0.05) is 11.8 Å². The number of carbonyl (C=O) groups is 1. The molecule has 0 aliphatic heterocycles. The fourth-order valence-electron chi connectivity index (χ4n) is 1.87. The Bertz CT molecular complexity index is 695. The number of nitrogens with zero attached hydrogens (tertiary/aromatic N) is 2. The number of furan rings is 1. The van der Waals surface area contributed by atoms with E-state index in [0.29, 0.717) is 17.9 Å². The second-order valence-electron chi connectivity index (χ2n) is 4.53. The van der Waals surface area contributed by atoms with Gasteiger partial charge in [-0.3, -0.25) is 4.79 Å². The van der Waals surface area contributed by atoms with Crippen LogP contribution in [0.5, 0.6) is 0 Å². The topological polar surface area (TPSA) is 66.6 Å². The molecule has 2 aromatic rings. The third kappa shape index (κ3) is 3.71. The van der Waals surface area contributed by atoms with Crippen molar-refractivity contribution in [3.05, 3.63) is 53.2 Å². The van der Waals surface area contributed by atoms with Gasteiger partial charge in [0.05, 0.1) is 12.1 Å². The molecule has 21 heavy (non-hydrogen) atoms. The van der Waals surface area contributed by atoms with E-state index in [1.807, 2.05) is 19.1 Å². The van der Waals surface area contributed by atoms with Crippen molar-refractivity contribution in [2.45, 2.75) is 13.5 Å². The van der Waals surface area contributed by atoms with Crippen molar-refractivity contribution >= 4 is 5.91 Å². The maximum atomic E-state index is 12.4. The molecule has 0 fully saturated rings. The molecule has 0 aromatic carbocycles. The standard InChI is InChI=1S/C16H16N2O3/c1-12-7-8-14(21-12)11-18(2)16(20)15-13(6-4-10-19)5-3-9-17-15/h3,5,7-9,19H,10-11H2,1-2H3. The summed E-state index contributed by atoms with van der Waals surface area (Å²) in [6.07, 6.45) is 1.54. The number of amides is 1. The van der Waals surface area contributed by atoms with Crippen molar-refractivity contribution in [2.24, 2.45) is 0 Å². The van der Waals surface area contributed by atoms with E-state index in [9.17, 15) is 4.79 Å². The van der Waals surface area contributed by atoms with Crippen molar-refractivity contribution in [2.75, 3.05) is 13.7 Å². The number of aromatic nitrogens is 1. The molecule has 5 nitrogen and oxygen atoms in total. The van der Waals surface area contributed by atoms with Gasteiger partial charge < -0.3 is 14.4 Å². The van der Waals surface area contributed by atoms with E-state index >= 15 is 0 Å². The van der Waals surface area contributed by atoms with E-state index in [-0.39, 0.29) is 18.2 Å². The van der Waals surface area contributed by atoms with Crippen molar-refractivity contribution in [1.29, 1.82) is 0 Å². The Kier molecular flexibility index (Phi) is 4.75. The number of rotatable bonds is 3. The van der Waals surface area contributed by atoms with Crippen LogP contribution in [0.2, 0.25) is 0 Å². The molecule has 5 heteroatoms. The van der Waals surface area contributed by atoms with E-state index in [2.05, 4.69) is 16.8 Å². The van der Waals surface area contributed by atoms with E-state index < -0.39 is 0 Å². The van der Waals surface area contributed by atoms with Crippen LogP contribution in [-0.4, -0.2) is 34.6 Å². The zero-order chi connectivity index (χ0) is 15.2. The summed E-state index contributed by atoms with van der Waals surface area (Å²) >= 11 is 0. The molecule has 0 aliphatic carbocycles. The van der Waals surface area contributed by atoms with Crippen molar-refractivity contribution in [3.63, 3.8) is 0 Å². The molecule has 1 amide bonds. The first-order chi connectivity index (χ1) is 10.1. The number of aliphatic hydroxyl groups excluding tert-OH is 1. The van der Waals surface area contributed by atoms with Crippen molar-refractivity contribution in [1.82, 2.24) is 9.88 Å². The summed E-state index contributed by atoms with van der Waals surface area (Å²) in [6, 6.07) is 7.10. The van der Waals surface area contributed by atoms with Gasteiger partial charge in [-0.2, -0.15) is 0 Å². The van der Waals surface area contributed by atoms with Gasteiger partial charge in [0.2, 0.25) is 0 Å². The first-order valence-corrected chi connectivity index (χ1v) is 6.47. The Labute approximate surface area is 123 Å². The van der Waals surface area contributed by atoms with Gasteiger partial charge in [0.15, 0.2) is 0 Å². The molecule has 0 atom stereocenters. The highest BCUT2D eigenvalue weighted by atomic mass is 16.3. The molecule has 2 heterocycles. The summed E-state index contributed by atoms with van der Waals surface area (Å²) in [4.78, 5) is 18.0. The van der Waals surface area contributed by atoms with Crippen LogP contribution in [0.15, 0.2) is 34.9 Å². The first kappa shape index (κ1) is 14.8. The van der Waals surface area contributed by atoms with Crippen LogP contribution >= 0.6 is 0 Å². The quantitative estimate of drug-likeness (QED) is 0.869. The Morgan fingerprint density at radius 3 is 2.90 bits per heavy atom. The van der Waals surface area contributed by atoms with Gasteiger partial charge >= 0.3 is 0 Å². The molecular formula is C16H16N2O3. The normalized spacial score (nSPS) is 9.86. The van der Waals surface area contributed by atoms with Crippen LogP contribution < -0.4 is 0 Å². The third-order valence-corrected chi connectivity index (χ3v) is 2.85. The van der Waals surface area contributed by atoms with Crippen LogP contribution in [0.25, 0.3) is 0 Å². The number of hydrogen-bond donors (Lipinski definition) is 1. The van der Waals surface area contributed by atoms with Gasteiger partial charge in [0.1, 0.15) is 23.8 Å². The summed E-state index contributed by atoms with van der Waals surface area (Å²) in [6.45, 7) is 1.95. The number of pyridine rings is 1. The average molecular weight is 284 g/mol. The number of aliphatic hydroxyl groups is 1. The molecule has 108 valence electrons. The molecular weight excluding hydrogens is 268 g/mol. The molecule has 2 aromatic heterocycles. The van der Waals surface area contributed by atoms with Gasteiger partial charge in [-0.05, 0) is 31.2 Å². The Hall–Kier alpha value is -2.58. The SMILES string of the molecule is Cc1ccc(CN(C)C(=O)c2ncccc2C#CCO)o1. The van der Waals surface area contributed by atoms with E-state index in [0.717, 1.165) is 5.76 Å². The lowest BCUT2D eigenvalue weighted by Crippen LogP contribution is -2.27. The summed E-state index contributed by atoms with van der Waals surface area (Å²) in [5, 5.41) is 8.76. The van der Waals surface area contributed by atoms with Crippen LogP contribution in [0.4, 0.5) is 0 Å². The van der Waals surface area contributed by atoms with Gasteiger partial charge in [0, 0.05) is 13.2 Å². The Morgan fingerprint density at radius 2 is 2.24 bits per heavy atom. The number of hydrogen-bond acceptors (Lipinski definition) is 4. The summed E-state index contributed by atoms with van der Waals surface area (Å²) in [5.41, 5.74) is 0.767. The third-order valence-electron chi connectivity index (χ3n) is 2.85. The predicted octanol–water partition coefficient (Wildman–Crippen LogP) is 1.60. The lowest BCUT2D eigenvalue weighted by molar-refractivity contribution is 0.0769. The second kappa shape index (κ2) is 6.73. The minimum Gasteiger partial charge on any atom is -0.464 e. The van der Waals surface area contributed by atoms with Crippen LogP contribution in [0.1, 0.15) is 27.6 Å². The zero-order valence-electron chi connectivity index (χ0n) is 12.0. The van der Waals surface area contributed by atoms with Gasteiger partial charge in [-0.15, -0.1) is 0 Å².